The van der Waals surface area contributed by atoms with E-state index in [1.807, 2.05) is 0 Å². The van der Waals surface area contributed by atoms with Crippen molar-refractivity contribution in [1.82, 2.24) is 10.2 Å². The fourth-order valence-corrected chi connectivity index (χ4v) is 1.60. The van der Waals surface area contributed by atoms with Gasteiger partial charge in [0, 0.05) is 25.7 Å². The van der Waals surface area contributed by atoms with Crippen molar-refractivity contribution in [2.24, 2.45) is 5.73 Å². The van der Waals surface area contributed by atoms with Crippen molar-refractivity contribution in [3.63, 3.8) is 0 Å². The quantitative estimate of drug-likeness (QED) is 0.569. The highest BCUT2D eigenvalue weighted by molar-refractivity contribution is 5.80. The molecule has 1 aliphatic heterocycles. The van der Waals surface area contributed by atoms with E-state index in [4.69, 9.17) is 5.73 Å². The molecule has 1 amide bonds. The largest absolute Gasteiger partial charge is 0.368 e. The monoisotopic (exact) mass is 171 g/mol. The van der Waals surface area contributed by atoms with Crippen molar-refractivity contribution in [1.29, 1.82) is 0 Å². The van der Waals surface area contributed by atoms with E-state index in [0.717, 1.165) is 13.1 Å². The summed E-state index contributed by atoms with van der Waals surface area (Å²) in [6.45, 7) is 6.71. The van der Waals surface area contributed by atoms with Crippen molar-refractivity contribution in [3.05, 3.63) is 0 Å². The summed E-state index contributed by atoms with van der Waals surface area (Å²) in [7, 11) is 0. The van der Waals surface area contributed by atoms with Gasteiger partial charge in [-0.3, -0.25) is 9.69 Å². The number of piperazine rings is 1. The van der Waals surface area contributed by atoms with Crippen LogP contribution in [-0.4, -0.2) is 42.5 Å². The molecule has 12 heavy (non-hydrogen) atoms. The van der Waals surface area contributed by atoms with Gasteiger partial charge in [-0.2, -0.15) is 0 Å². The van der Waals surface area contributed by atoms with Crippen LogP contribution < -0.4 is 11.1 Å². The van der Waals surface area contributed by atoms with Gasteiger partial charge < -0.3 is 11.1 Å². The van der Waals surface area contributed by atoms with Crippen molar-refractivity contribution in [3.8, 4) is 0 Å². The van der Waals surface area contributed by atoms with Crippen LogP contribution in [0.1, 0.15) is 13.8 Å². The van der Waals surface area contributed by atoms with Gasteiger partial charge in [0.05, 0.1) is 0 Å². The molecule has 0 radical (unpaired) electrons. The first-order valence-electron chi connectivity index (χ1n) is 4.38. The van der Waals surface area contributed by atoms with Gasteiger partial charge in [-0.25, -0.2) is 0 Å². The zero-order valence-electron chi connectivity index (χ0n) is 7.71. The summed E-state index contributed by atoms with van der Waals surface area (Å²) in [6.07, 6.45) is 0. The number of amides is 1. The molecular formula is C8H17N3O. The van der Waals surface area contributed by atoms with Crippen molar-refractivity contribution >= 4 is 5.91 Å². The molecule has 0 aromatic rings. The maximum absolute atomic E-state index is 11.0. The Balaban J connectivity index is 2.60. The average molecular weight is 171 g/mol. The molecule has 0 aromatic heterocycles. The molecule has 1 saturated heterocycles. The number of carbonyl (C=O) groups is 1. The lowest BCUT2D eigenvalue weighted by atomic mass is 10.1. The van der Waals surface area contributed by atoms with E-state index in [1.165, 1.54) is 0 Å². The van der Waals surface area contributed by atoms with Gasteiger partial charge >= 0.3 is 0 Å². The van der Waals surface area contributed by atoms with Crippen LogP contribution in [-0.2, 0) is 4.79 Å². The molecule has 70 valence electrons. The van der Waals surface area contributed by atoms with Crippen LogP contribution in [0, 0.1) is 0 Å². The summed E-state index contributed by atoms with van der Waals surface area (Å²) < 4.78 is 0. The highest BCUT2D eigenvalue weighted by atomic mass is 16.1. The second-order valence-electron chi connectivity index (χ2n) is 3.45. The molecule has 1 heterocycles. The Morgan fingerprint density at radius 1 is 1.67 bits per heavy atom. The number of nitrogens with zero attached hydrogens (tertiary/aromatic N) is 1. The number of rotatable bonds is 2. The molecule has 1 unspecified atom stereocenters. The van der Waals surface area contributed by atoms with E-state index in [-0.39, 0.29) is 11.9 Å². The van der Waals surface area contributed by atoms with Gasteiger partial charge in [-0.05, 0) is 13.8 Å². The normalized spacial score (nSPS) is 26.1. The third kappa shape index (κ3) is 1.95. The number of nitrogens with one attached hydrogen (secondary N) is 1. The maximum atomic E-state index is 11.0. The summed E-state index contributed by atoms with van der Waals surface area (Å²) in [6, 6.07) is 0.267. The Kier molecular flexibility index (Phi) is 3.05. The number of nitrogens with two attached hydrogens (primary N) is 1. The number of primary amides is 1. The molecule has 1 rings (SSSR count). The van der Waals surface area contributed by atoms with Gasteiger partial charge in [0.15, 0.2) is 0 Å². The predicted octanol–water partition coefficient (Wildman–Crippen LogP) is -0.846. The Labute approximate surface area is 73.1 Å². The smallest absolute Gasteiger partial charge is 0.236 e. The molecule has 1 aliphatic rings. The minimum atomic E-state index is -0.226. The van der Waals surface area contributed by atoms with Crippen LogP contribution in [0.4, 0.5) is 0 Å². The zero-order chi connectivity index (χ0) is 9.14. The summed E-state index contributed by atoms with van der Waals surface area (Å²) in [5.74, 6) is -0.226. The van der Waals surface area contributed by atoms with Crippen LogP contribution in [0.15, 0.2) is 0 Å². The lowest BCUT2D eigenvalue weighted by molar-refractivity contribution is -0.124. The highest BCUT2D eigenvalue weighted by Gasteiger charge is 2.27. The molecule has 1 fully saturated rings. The number of carbonyl (C=O) groups excluding carboxylic acids is 1. The van der Waals surface area contributed by atoms with Crippen LogP contribution >= 0.6 is 0 Å². The topological polar surface area (TPSA) is 58.4 Å². The zero-order valence-corrected chi connectivity index (χ0v) is 7.71. The molecule has 4 nitrogen and oxygen atoms in total. The molecule has 0 aromatic carbocycles. The molecule has 0 spiro atoms. The van der Waals surface area contributed by atoms with Gasteiger partial charge in [0.2, 0.25) is 5.91 Å². The summed E-state index contributed by atoms with van der Waals surface area (Å²) in [4.78, 5) is 13.1. The standard InChI is InChI=1S/C8H17N3O/c1-6(2)11-4-3-10-5-7(11)8(9)12/h6-7,10H,3-5H2,1-2H3,(H2,9,12). The van der Waals surface area contributed by atoms with Crippen LogP contribution in [0.3, 0.4) is 0 Å². The highest BCUT2D eigenvalue weighted by Crippen LogP contribution is 2.07. The van der Waals surface area contributed by atoms with Crippen molar-refractivity contribution < 1.29 is 4.79 Å². The SMILES string of the molecule is CC(C)N1CCNCC1C(N)=O. The maximum Gasteiger partial charge on any atom is 0.236 e. The summed E-state index contributed by atoms with van der Waals surface area (Å²) in [5, 5.41) is 3.16. The first kappa shape index (κ1) is 9.48. The lowest BCUT2D eigenvalue weighted by Gasteiger charge is -2.36. The minimum Gasteiger partial charge on any atom is -0.368 e. The Morgan fingerprint density at radius 3 is 2.75 bits per heavy atom. The molecule has 1 atom stereocenters. The fourth-order valence-electron chi connectivity index (χ4n) is 1.60. The average Bonchev–Trinajstić information content (AvgIpc) is 2.04. The van der Waals surface area contributed by atoms with Gasteiger partial charge in [-0.15, -0.1) is 0 Å². The molecule has 4 heteroatoms. The van der Waals surface area contributed by atoms with Gasteiger partial charge in [0.1, 0.15) is 6.04 Å². The van der Waals surface area contributed by atoms with Crippen LogP contribution in [0.5, 0.6) is 0 Å². The first-order valence-corrected chi connectivity index (χ1v) is 4.38. The van der Waals surface area contributed by atoms with E-state index in [9.17, 15) is 4.79 Å². The van der Waals surface area contributed by atoms with E-state index in [2.05, 4.69) is 24.1 Å². The minimum absolute atomic E-state index is 0.126. The number of hydrogen-bond donors (Lipinski definition) is 2. The third-order valence-electron chi connectivity index (χ3n) is 2.28. The second-order valence-corrected chi connectivity index (χ2v) is 3.45. The van der Waals surface area contributed by atoms with E-state index < -0.39 is 0 Å². The summed E-state index contributed by atoms with van der Waals surface area (Å²) in [5.41, 5.74) is 5.27. The van der Waals surface area contributed by atoms with E-state index in [1.54, 1.807) is 0 Å². The van der Waals surface area contributed by atoms with Crippen LogP contribution in [0.2, 0.25) is 0 Å². The third-order valence-corrected chi connectivity index (χ3v) is 2.28. The number of hydrogen-bond acceptors (Lipinski definition) is 3. The second kappa shape index (κ2) is 3.87. The molecule has 0 bridgehead atoms. The molecule has 3 N–H and O–H groups in total. The van der Waals surface area contributed by atoms with E-state index >= 15 is 0 Å². The van der Waals surface area contributed by atoms with Crippen LogP contribution in [0.25, 0.3) is 0 Å². The fraction of sp³-hybridized carbons (Fsp3) is 0.875. The molecule has 0 aliphatic carbocycles. The lowest BCUT2D eigenvalue weighted by Crippen LogP contribution is -2.58. The van der Waals surface area contributed by atoms with Gasteiger partial charge in [0.25, 0.3) is 0 Å². The molecule has 0 saturated carbocycles. The predicted molar refractivity (Wildman–Crippen MR) is 47.7 cm³/mol. The summed E-state index contributed by atoms with van der Waals surface area (Å²) >= 11 is 0. The Hall–Kier alpha value is -0.610. The van der Waals surface area contributed by atoms with Crippen molar-refractivity contribution in [2.75, 3.05) is 19.6 Å². The first-order chi connectivity index (χ1) is 5.63. The van der Waals surface area contributed by atoms with Crippen molar-refractivity contribution in [2.45, 2.75) is 25.9 Å². The van der Waals surface area contributed by atoms with Gasteiger partial charge in [-0.1, -0.05) is 0 Å². The Bertz CT molecular complexity index is 170. The van der Waals surface area contributed by atoms with E-state index in [0.29, 0.717) is 12.6 Å². The Morgan fingerprint density at radius 2 is 2.33 bits per heavy atom. The molecular weight excluding hydrogens is 154 g/mol.